The van der Waals surface area contributed by atoms with Gasteiger partial charge < -0.3 is 24.4 Å². The Morgan fingerprint density at radius 2 is 1.88 bits per heavy atom. The van der Waals surface area contributed by atoms with E-state index >= 15 is 0 Å². The standard InChI is InChI=1S/C18H35N3O3/c1-4-19-17(20-15-18(22-3)8-13-24-14-9-18)21(2)10-5-16-6-11-23-12-7-16/h16H,4-15H2,1-3H3,(H,19,20). The van der Waals surface area contributed by atoms with E-state index in [1.54, 1.807) is 7.11 Å². The Hall–Kier alpha value is -0.850. The molecule has 0 bridgehead atoms. The molecule has 2 aliphatic rings. The van der Waals surface area contributed by atoms with Gasteiger partial charge in [0.15, 0.2) is 5.96 Å². The molecule has 2 heterocycles. The highest BCUT2D eigenvalue weighted by molar-refractivity contribution is 5.79. The second kappa shape index (κ2) is 10.2. The molecule has 0 saturated carbocycles. The van der Waals surface area contributed by atoms with Gasteiger partial charge in [-0.3, -0.25) is 4.99 Å². The van der Waals surface area contributed by atoms with Crippen molar-refractivity contribution in [1.29, 1.82) is 0 Å². The Balaban J connectivity index is 1.88. The normalized spacial score (nSPS) is 22.4. The molecule has 0 aromatic rings. The van der Waals surface area contributed by atoms with Crippen LogP contribution < -0.4 is 5.32 Å². The number of nitrogens with zero attached hydrogens (tertiary/aromatic N) is 2. The van der Waals surface area contributed by atoms with Crippen molar-refractivity contribution < 1.29 is 14.2 Å². The first-order valence-corrected chi connectivity index (χ1v) is 9.39. The van der Waals surface area contributed by atoms with Crippen LogP contribution in [0.3, 0.4) is 0 Å². The molecule has 0 amide bonds. The highest BCUT2D eigenvalue weighted by atomic mass is 16.5. The molecule has 0 radical (unpaired) electrons. The lowest BCUT2D eigenvalue weighted by Gasteiger charge is -2.35. The van der Waals surface area contributed by atoms with Gasteiger partial charge >= 0.3 is 0 Å². The fraction of sp³-hybridized carbons (Fsp3) is 0.944. The SMILES string of the molecule is CCNC(=NCC1(OC)CCOCC1)N(C)CCC1CCOCC1. The first kappa shape index (κ1) is 19.5. The summed E-state index contributed by atoms with van der Waals surface area (Å²) in [6, 6.07) is 0. The fourth-order valence-corrected chi connectivity index (χ4v) is 3.38. The average Bonchev–Trinajstić information content (AvgIpc) is 2.64. The molecule has 1 N–H and O–H groups in total. The van der Waals surface area contributed by atoms with Crippen molar-refractivity contribution >= 4 is 5.96 Å². The molecule has 140 valence electrons. The number of nitrogens with one attached hydrogen (secondary N) is 1. The van der Waals surface area contributed by atoms with Gasteiger partial charge in [0.05, 0.1) is 12.1 Å². The largest absolute Gasteiger partial charge is 0.381 e. The first-order valence-electron chi connectivity index (χ1n) is 9.39. The van der Waals surface area contributed by atoms with E-state index in [-0.39, 0.29) is 5.60 Å². The van der Waals surface area contributed by atoms with E-state index in [4.69, 9.17) is 19.2 Å². The van der Waals surface area contributed by atoms with E-state index in [9.17, 15) is 0 Å². The zero-order valence-electron chi connectivity index (χ0n) is 15.7. The van der Waals surface area contributed by atoms with Gasteiger partial charge in [0, 0.05) is 66.5 Å². The van der Waals surface area contributed by atoms with Crippen LogP contribution in [-0.4, -0.2) is 76.7 Å². The van der Waals surface area contributed by atoms with Crippen LogP contribution in [0.1, 0.15) is 39.0 Å². The minimum atomic E-state index is -0.166. The maximum atomic E-state index is 5.79. The highest BCUT2D eigenvalue weighted by Crippen LogP contribution is 2.25. The summed E-state index contributed by atoms with van der Waals surface area (Å²) in [6.45, 7) is 8.07. The van der Waals surface area contributed by atoms with Crippen molar-refractivity contribution in [3.05, 3.63) is 0 Å². The third-order valence-electron chi connectivity index (χ3n) is 5.26. The monoisotopic (exact) mass is 341 g/mol. The second-order valence-electron chi connectivity index (χ2n) is 6.94. The van der Waals surface area contributed by atoms with Crippen LogP contribution in [0.2, 0.25) is 0 Å². The van der Waals surface area contributed by atoms with Crippen molar-refractivity contribution in [3.63, 3.8) is 0 Å². The Morgan fingerprint density at radius 1 is 1.21 bits per heavy atom. The Bertz CT molecular complexity index is 378. The highest BCUT2D eigenvalue weighted by Gasteiger charge is 2.32. The van der Waals surface area contributed by atoms with Gasteiger partial charge in [0.2, 0.25) is 0 Å². The third-order valence-corrected chi connectivity index (χ3v) is 5.26. The summed E-state index contributed by atoms with van der Waals surface area (Å²) in [5.41, 5.74) is -0.166. The number of methoxy groups -OCH3 is 1. The molecular formula is C18H35N3O3. The number of hydrogen-bond donors (Lipinski definition) is 1. The zero-order chi connectivity index (χ0) is 17.3. The molecule has 6 nitrogen and oxygen atoms in total. The molecule has 0 aromatic heterocycles. The summed E-state index contributed by atoms with van der Waals surface area (Å²) in [6.07, 6.45) is 5.41. The molecule has 2 fully saturated rings. The average molecular weight is 341 g/mol. The smallest absolute Gasteiger partial charge is 0.193 e. The Labute approximate surface area is 146 Å². The maximum Gasteiger partial charge on any atom is 0.193 e. The van der Waals surface area contributed by atoms with Gasteiger partial charge in [-0.15, -0.1) is 0 Å². The summed E-state index contributed by atoms with van der Waals surface area (Å²) in [4.78, 5) is 7.12. The van der Waals surface area contributed by atoms with Crippen LogP contribution in [0, 0.1) is 5.92 Å². The molecule has 2 saturated heterocycles. The fourth-order valence-electron chi connectivity index (χ4n) is 3.38. The van der Waals surface area contributed by atoms with Crippen LogP contribution in [0.4, 0.5) is 0 Å². The molecule has 0 unspecified atom stereocenters. The molecular weight excluding hydrogens is 306 g/mol. The van der Waals surface area contributed by atoms with Gasteiger partial charge in [-0.2, -0.15) is 0 Å². The lowest BCUT2D eigenvalue weighted by molar-refractivity contribution is -0.0829. The van der Waals surface area contributed by atoms with E-state index in [0.717, 1.165) is 64.2 Å². The topological polar surface area (TPSA) is 55.3 Å². The van der Waals surface area contributed by atoms with E-state index in [1.165, 1.54) is 19.3 Å². The third kappa shape index (κ3) is 5.90. The number of guanidine groups is 1. The quantitative estimate of drug-likeness (QED) is 0.566. The number of ether oxygens (including phenoxy) is 3. The van der Waals surface area contributed by atoms with Gasteiger partial charge in [-0.25, -0.2) is 0 Å². The van der Waals surface area contributed by atoms with Crippen molar-refractivity contribution in [1.82, 2.24) is 10.2 Å². The molecule has 0 spiro atoms. The first-order chi connectivity index (χ1) is 11.7. The van der Waals surface area contributed by atoms with Gasteiger partial charge in [-0.05, 0) is 32.1 Å². The number of rotatable bonds is 7. The minimum Gasteiger partial charge on any atom is -0.381 e. The number of aliphatic imine (C=N–C) groups is 1. The Kier molecular flexibility index (Phi) is 8.29. The van der Waals surface area contributed by atoms with Gasteiger partial charge in [0.25, 0.3) is 0 Å². The predicted molar refractivity (Wildman–Crippen MR) is 96.6 cm³/mol. The summed E-state index contributed by atoms with van der Waals surface area (Å²) in [5.74, 6) is 1.76. The summed E-state index contributed by atoms with van der Waals surface area (Å²) in [7, 11) is 3.92. The molecule has 0 atom stereocenters. The van der Waals surface area contributed by atoms with Crippen LogP contribution in [0.25, 0.3) is 0 Å². The molecule has 6 heteroatoms. The molecule has 0 aromatic carbocycles. The van der Waals surface area contributed by atoms with Crippen LogP contribution in [-0.2, 0) is 14.2 Å². The van der Waals surface area contributed by atoms with Crippen LogP contribution >= 0.6 is 0 Å². The minimum absolute atomic E-state index is 0.166. The summed E-state index contributed by atoms with van der Waals surface area (Å²) >= 11 is 0. The van der Waals surface area contributed by atoms with Crippen molar-refractivity contribution in [2.75, 3.05) is 60.2 Å². The number of hydrogen-bond acceptors (Lipinski definition) is 4. The van der Waals surface area contributed by atoms with Crippen molar-refractivity contribution in [2.45, 2.75) is 44.6 Å². The van der Waals surface area contributed by atoms with Crippen molar-refractivity contribution in [2.24, 2.45) is 10.9 Å². The van der Waals surface area contributed by atoms with Gasteiger partial charge in [0.1, 0.15) is 0 Å². The molecule has 2 rings (SSSR count). The van der Waals surface area contributed by atoms with E-state index in [1.807, 2.05) is 0 Å². The second-order valence-corrected chi connectivity index (χ2v) is 6.94. The zero-order valence-corrected chi connectivity index (χ0v) is 15.7. The predicted octanol–water partition coefficient (Wildman–Crippen LogP) is 1.90. The van der Waals surface area contributed by atoms with E-state index in [0.29, 0.717) is 6.54 Å². The van der Waals surface area contributed by atoms with Crippen LogP contribution in [0.5, 0.6) is 0 Å². The molecule has 2 aliphatic heterocycles. The maximum absolute atomic E-state index is 5.79. The van der Waals surface area contributed by atoms with Gasteiger partial charge in [-0.1, -0.05) is 0 Å². The lowest BCUT2D eigenvalue weighted by Crippen LogP contribution is -2.44. The van der Waals surface area contributed by atoms with Crippen LogP contribution in [0.15, 0.2) is 4.99 Å². The molecule has 24 heavy (non-hydrogen) atoms. The van der Waals surface area contributed by atoms with E-state index < -0.39 is 0 Å². The van der Waals surface area contributed by atoms with Crippen molar-refractivity contribution in [3.8, 4) is 0 Å². The Morgan fingerprint density at radius 3 is 2.50 bits per heavy atom. The molecule has 0 aliphatic carbocycles. The lowest BCUT2D eigenvalue weighted by atomic mass is 9.94. The van der Waals surface area contributed by atoms with E-state index in [2.05, 4.69) is 24.2 Å². The summed E-state index contributed by atoms with van der Waals surface area (Å²) in [5, 5.41) is 3.42. The summed E-state index contributed by atoms with van der Waals surface area (Å²) < 4.78 is 16.7.